The van der Waals surface area contributed by atoms with Gasteiger partial charge < -0.3 is 14.2 Å². The number of benzene rings is 9. The largest absolute Gasteiger partial charge is 0.436 e. The van der Waals surface area contributed by atoms with Crippen LogP contribution in [0.2, 0.25) is 0 Å². The average molecular weight is 762 g/mol. The first-order valence-corrected chi connectivity index (χ1v) is 20.3. The molecule has 11 rings (SSSR count). The molecule has 0 aliphatic heterocycles. The van der Waals surface area contributed by atoms with Crippen molar-refractivity contribution in [2.45, 2.75) is 0 Å². The molecule has 0 radical (unpaired) electrons. The molecule has 0 aliphatic rings. The Balaban J connectivity index is 1.16. The van der Waals surface area contributed by atoms with Gasteiger partial charge in [0.2, 0.25) is 5.89 Å². The molecule has 0 saturated heterocycles. The third kappa shape index (κ3) is 5.88. The zero-order valence-corrected chi connectivity index (χ0v) is 32.2. The van der Waals surface area contributed by atoms with Gasteiger partial charge in [0.1, 0.15) is 5.52 Å². The zero-order chi connectivity index (χ0) is 38.4. The smallest absolute Gasteiger partial charge is 0.227 e. The molecule has 5 heteroatoms. The molecule has 0 bridgehead atoms. The first-order chi connectivity index (χ1) is 28.8. The molecule has 0 aliphatic carbocycles. The van der Waals surface area contributed by atoms with Crippen molar-refractivity contribution < 1.29 is 4.42 Å². The van der Waals surface area contributed by atoms with Crippen molar-refractivity contribution in [1.29, 1.82) is 0 Å². The number of hydrogen-bond donors (Lipinski definition) is 0. The number of para-hydroxylation sites is 2. The minimum Gasteiger partial charge on any atom is -0.436 e. The van der Waals surface area contributed by atoms with Gasteiger partial charge in [-0.2, -0.15) is 0 Å². The van der Waals surface area contributed by atoms with Crippen molar-refractivity contribution >= 4 is 87.5 Å². The van der Waals surface area contributed by atoms with Gasteiger partial charge in [-0.1, -0.05) is 133 Å². The van der Waals surface area contributed by atoms with Gasteiger partial charge in [-0.3, -0.25) is 0 Å². The highest BCUT2D eigenvalue weighted by Crippen LogP contribution is 2.48. The maximum atomic E-state index is 6.71. The molecule has 0 N–H and O–H groups in total. The number of fused-ring (bicyclic) bond motifs is 5. The van der Waals surface area contributed by atoms with E-state index in [1.54, 1.807) is 0 Å². The van der Waals surface area contributed by atoms with E-state index >= 15 is 0 Å². The maximum Gasteiger partial charge on any atom is 0.227 e. The van der Waals surface area contributed by atoms with Crippen molar-refractivity contribution in [1.82, 2.24) is 4.98 Å². The highest BCUT2D eigenvalue weighted by Gasteiger charge is 2.25. The van der Waals surface area contributed by atoms with Crippen LogP contribution in [0.4, 0.5) is 34.1 Å². The predicted octanol–water partition coefficient (Wildman–Crippen LogP) is 15.6. The second-order valence-corrected chi connectivity index (χ2v) is 15.4. The SMILES string of the molecule is c1ccc(-c2ccc(N(c3ccccc3)c3c4ccc(N(c5ccccc5)c5cccc6c5sc5ccccc56)cc4cc4oc(-c5ccccc5)nc34)cc2)cc1. The maximum absolute atomic E-state index is 6.71. The van der Waals surface area contributed by atoms with Crippen LogP contribution >= 0.6 is 11.3 Å². The van der Waals surface area contributed by atoms with Gasteiger partial charge in [0.15, 0.2) is 5.58 Å². The minimum atomic E-state index is 0.585. The summed E-state index contributed by atoms with van der Waals surface area (Å²) in [7, 11) is 0. The van der Waals surface area contributed by atoms with Crippen LogP contribution in [0, 0.1) is 0 Å². The number of oxazole rings is 1. The lowest BCUT2D eigenvalue weighted by atomic mass is 10.0. The number of nitrogens with zero attached hydrogens (tertiary/aromatic N) is 3. The summed E-state index contributed by atoms with van der Waals surface area (Å²) in [4.78, 5) is 9.97. The van der Waals surface area contributed by atoms with Gasteiger partial charge in [0.25, 0.3) is 0 Å². The van der Waals surface area contributed by atoms with Crippen LogP contribution in [0.25, 0.3) is 64.6 Å². The predicted molar refractivity (Wildman–Crippen MR) is 245 cm³/mol. The van der Waals surface area contributed by atoms with Crippen molar-refractivity contribution in [3.05, 3.63) is 212 Å². The number of aromatic nitrogens is 1. The van der Waals surface area contributed by atoms with Gasteiger partial charge in [-0.25, -0.2) is 4.98 Å². The molecule has 9 aromatic carbocycles. The Morgan fingerprint density at radius 1 is 0.414 bits per heavy atom. The lowest BCUT2D eigenvalue weighted by Gasteiger charge is -2.29. The summed E-state index contributed by atoms with van der Waals surface area (Å²) in [6.45, 7) is 0. The van der Waals surface area contributed by atoms with Crippen LogP contribution in [0.1, 0.15) is 0 Å². The zero-order valence-electron chi connectivity index (χ0n) is 31.4. The number of anilines is 6. The molecule has 0 amide bonds. The Morgan fingerprint density at radius 3 is 1.71 bits per heavy atom. The fourth-order valence-electron chi connectivity index (χ4n) is 8.15. The summed E-state index contributed by atoms with van der Waals surface area (Å²) in [6, 6.07) is 75.0. The second kappa shape index (κ2) is 14.2. The fourth-order valence-corrected chi connectivity index (χ4v) is 9.36. The van der Waals surface area contributed by atoms with E-state index in [9.17, 15) is 0 Å². The number of thiophene rings is 1. The fraction of sp³-hybridized carbons (Fsp3) is 0. The van der Waals surface area contributed by atoms with E-state index in [-0.39, 0.29) is 0 Å². The van der Waals surface area contributed by atoms with E-state index < -0.39 is 0 Å². The van der Waals surface area contributed by atoms with Gasteiger partial charge in [-0.05, 0) is 95.4 Å². The second-order valence-electron chi connectivity index (χ2n) is 14.4. The molecule has 58 heavy (non-hydrogen) atoms. The molecule has 0 fully saturated rings. The van der Waals surface area contributed by atoms with Crippen LogP contribution in [0.3, 0.4) is 0 Å². The molecule has 2 aromatic heterocycles. The lowest BCUT2D eigenvalue weighted by molar-refractivity contribution is 0.620. The Labute approximate surface area is 340 Å². The van der Waals surface area contributed by atoms with Gasteiger partial charge in [0.05, 0.1) is 16.1 Å². The van der Waals surface area contributed by atoms with Crippen molar-refractivity contribution in [3.8, 4) is 22.6 Å². The molecule has 4 nitrogen and oxygen atoms in total. The molecular weight excluding hydrogens is 727 g/mol. The Bertz CT molecular complexity index is 3210. The molecule has 2 heterocycles. The van der Waals surface area contributed by atoms with E-state index in [1.807, 2.05) is 41.7 Å². The van der Waals surface area contributed by atoms with Crippen molar-refractivity contribution in [2.75, 3.05) is 9.80 Å². The van der Waals surface area contributed by atoms with Crippen LogP contribution in [-0.4, -0.2) is 4.98 Å². The van der Waals surface area contributed by atoms with E-state index in [0.29, 0.717) is 5.89 Å². The van der Waals surface area contributed by atoms with Crippen molar-refractivity contribution in [3.63, 3.8) is 0 Å². The van der Waals surface area contributed by atoms with Crippen LogP contribution in [0.5, 0.6) is 0 Å². The highest BCUT2D eigenvalue weighted by atomic mass is 32.1. The van der Waals surface area contributed by atoms with Gasteiger partial charge >= 0.3 is 0 Å². The van der Waals surface area contributed by atoms with E-state index in [2.05, 4.69) is 192 Å². The first kappa shape index (κ1) is 33.8. The summed E-state index contributed by atoms with van der Waals surface area (Å²) in [5.41, 5.74) is 11.1. The van der Waals surface area contributed by atoms with Crippen LogP contribution < -0.4 is 9.80 Å². The quantitative estimate of drug-likeness (QED) is 0.154. The Kier molecular flexibility index (Phi) is 8.30. The first-order valence-electron chi connectivity index (χ1n) is 19.5. The summed E-state index contributed by atoms with van der Waals surface area (Å²) in [5, 5.41) is 4.64. The minimum absolute atomic E-state index is 0.585. The number of rotatable bonds is 8. The Hall–Kier alpha value is -7.47. The lowest BCUT2D eigenvalue weighted by Crippen LogP contribution is -2.12. The number of hydrogen-bond acceptors (Lipinski definition) is 5. The summed E-state index contributed by atoms with van der Waals surface area (Å²) in [5.74, 6) is 0.585. The van der Waals surface area contributed by atoms with Crippen LogP contribution in [0.15, 0.2) is 217 Å². The summed E-state index contributed by atoms with van der Waals surface area (Å²) >= 11 is 1.84. The van der Waals surface area contributed by atoms with Crippen LogP contribution in [-0.2, 0) is 0 Å². The molecule has 0 unspecified atom stereocenters. The molecular formula is C53H35N3OS. The highest BCUT2D eigenvalue weighted by molar-refractivity contribution is 7.26. The van der Waals surface area contributed by atoms with E-state index in [1.165, 1.54) is 25.7 Å². The van der Waals surface area contributed by atoms with Gasteiger partial charge in [0, 0.05) is 49.2 Å². The van der Waals surface area contributed by atoms with Crippen molar-refractivity contribution in [2.24, 2.45) is 0 Å². The standard InChI is InChI=1S/C53H35N3OS/c1-5-16-36(17-6-1)37-28-30-42(31-29-37)56(41-22-11-4-12-23-41)51-44-33-32-43(34-39(44)35-48-50(51)54-53(57-48)38-18-7-2-8-19-38)55(40-20-9-3-10-21-40)47-26-15-25-46-45-24-13-14-27-49(45)58-52(46)47/h1-35H. The summed E-state index contributed by atoms with van der Waals surface area (Å²) < 4.78 is 9.24. The molecule has 0 atom stereocenters. The topological polar surface area (TPSA) is 32.5 Å². The third-order valence-electron chi connectivity index (χ3n) is 10.8. The molecule has 274 valence electrons. The average Bonchev–Trinajstić information content (AvgIpc) is 3.90. The van der Waals surface area contributed by atoms with E-state index in [4.69, 9.17) is 9.40 Å². The van der Waals surface area contributed by atoms with Gasteiger partial charge in [-0.15, -0.1) is 11.3 Å². The van der Waals surface area contributed by atoms with E-state index in [0.717, 1.165) is 67.1 Å². The molecule has 0 saturated carbocycles. The molecule has 0 spiro atoms. The monoisotopic (exact) mass is 761 g/mol. The third-order valence-corrected chi connectivity index (χ3v) is 12.1. The normalized spacial score (nSPS) is 11.4. The summed E-state index contributed by atoms with van der Waals surface area (Å²) in [6.07, 6.45) is 0. The Morgan fingerprint density at radius 2 is 0.983 bits per heavy atom. The molecule has 11 aromatic rings.